The van der Waals surface area contributed by atoms with Gasteiger partial charge in [0.2, 0.25) is 0 Å². The van der Waals surface area contributed by atoms with Crippen LogP contribution in [-0.2, 0) is 4.79 Å². The number of unbranched alkanes of at least 4 members (excludes halogenated alkanes) is 1. The lowest BCUT2D eigenvalue weighted by Crippen LogP contribution is -2.11. The third-order valence-electron chi connectivity index (χ3n) is 2.77. The van der Waals surface area contributed by atoms with Crippen LogP contribution < -0.4 is 0 Å². The van der Waals surface area contributed by atoms with E-state index in [2.05, 4.69) is 32.1 Å². The summed E-state index contributed by atoms with van der Waals surface area (Å²) in [6.07, 6.45) is 11.7. The van der Waals surface area contributed by atoms with Crippen molar-refractivity contribution in [3.05, 3.63) is 23.8 Å². The topological polar surface area (TPSA) is 17.1 Å². The number of carbonyl (C=O) groups is 1. The Bertz CT molecular complexity index is 248. The Labute approximate surface area is 101 Å². The largest absolute Gasteiger partial charge is 0.300 e. The van der Waals surface area contributed by atoms with E-state index in [9.17, 15) is 4.79 Å². The van der Waals surface area contributed by atoms with Gasteiger partial charge in [0.1, 0.15) is 5.78 Å². The fourth-order valence-corrected chi connectivity index (χ4v) is 1.85. The van der Waals surface area contributed by atoms with Crippen LogP contribution in [0.15, 0.2) is 23.8 Å². The van der Waals surface area contributed by atoms with Crippen molar-refractivity contribution in [1.82, 2.24) is 0 Å². The number of ketones is 1. The molecule has 1 unspecified atom stereocenters. The van der Waals surface area contributed by atoms with Crippen molar-refractivity contribution in [3.63, 3.8) is 0 Å². The van der Waals surface area contributed by atoms with Crippen molar-refractivity contribution in [2.75, 3.05) is 0 Å². The number of carbonyl (C=O) groups excluding carboxylic acids is 1. The van der Waals surface area contributed by atoms with Crippen LogP contribution in [0.5, 0.6) is 0 Å². The van der Waals surface area contributed by atoms with E-state index < -0.39 is 0 Å². The van der Waals surface area contributed by atoms with Gasteiger partial charge in [-0.2, -0.15) is 0 Å². The number of hydrogen-bond donors (Lipinski definition) is 0. The maximum atomic E-state index is 11.5. The number of rotatable bonds is 8. The molecule has 0 aliphatic heterocycles. The van der Waals surface area contributed by atoms with Crippen LogP contribution in [0.3, 0.4) is 0 Å². The minimum Gasteiger partial charge on any atom is -0.300 e. The van der Waals surface area contributed by atoms with Crippen molar-refractivity contribution in [2.24, 2.45) is 5.92 Å². The van der Waals surface area contributed by atoms with Gasteiger partial charge in [-0.15, -0.1) is 0 Å². The predicted molar refractivity (Wildman–Crippen MR) is 71.5 cm³/mol. The summed E-state index contributed by atoms with van der Waals surface area (Å²) in [7, 11) is 0. The lowest BCUT2D eigenvalue weighted by molar-refractivity contribution is -0.120. The normalized spacial score (nSPS) is 14.4. The minimum absolute atomic E-state index is 0.212. The van der Waals surface area contributed by atoms with Crippen molar-refractivity contribution in [1.29, 1.82) is 0 Å². The molecule has 16 heavy (non-hydrogen) atoms. The first kappa shape index (κ1) is 15.2. The van der Waals surface area contributed by atoms with E-state index >= 15 is 0 Å². The first-order chi connectivity index (χ1) is 7.65. The van der Waals surface area contributed by atoms with Crippen molar-refractivity contribution < 1.29 is 4.79 Å². The quantitative estimate of drug-likeness (QED) is 0.545. The van der Waals surface area contributed by atoms with Gasteiger partial charge >= 0.3 is 0 Å². The van der Waals surface area contributed by atoms with Crippen LogP contribution in [-0.4, -0.2) is 5.78 Å². The van der Waals surface area contributed by atoms with Crippen LogP contribution in [0.2, 0.25) is 0 Å². The summed E-state index contributed by atoms with van der Waals surface area (Å²) in [5.74, 6) is 0.540. The van der Waals surface area contributed by atoms with Gasteiger partial charge in [-0.3, -0.25) is 4.79 Å². The molecule has 1 nitrogen and oxygen atoms in total. The predicted octanol–water partition coefficient (Wildman–Crippen LogP) is 4.68. The fourth-order valence-electron chi connectivity index (χ4n) is 1.85. The Balaban J connectivity index is 4.50. The molecule has 0 rings (SSSR count). The van der Waals surface area contributed by atoms with Crippen molar-refractivity contribution >= 4 is 5.78 Å². The Morgan fingerprint density at radius 1 is 1.25 bits per heavy atom. The highest BCUT2D eigenvalue weighted by Gasteiger charge is 2.13. The van der Waals surface area contributed by atoms with Crippen molar-refractivity contribution in [2.45, 2.75) is 59.8 Å². The zero-order valence-electron chi connectivity index (χ0n) is 11.3. The van der Waals surface area contributed by atoms with E-state index in [1.165, 1.54) is 12.0 Å². The summed E-state index contributed by atoms with van der Waals surface area (Å²) >= 11 is 0. The first-order valence-corrected chi connectivity index (χ1v) is 6.47. The molecule has 0 spiro atoms. The number of hydrogen-bond acceptors (Lipinski definition) is 1. The molecule has 0 fully saturated rings. The molecule has 0 aromatic carbocycles. The molecule has 0 aromatic rings. The second-order valence-corrected chi connectivity index (χ2v) is 4.37. The average molecular weight is 222 g/mol. The maximum absolute atomic E-state index is 11.5. The fraction of sp³-hybridized carbons (Fsp3) is 0.667. The van der Waals surface area contributed by atoms with Crippen LogP contribution in [0.1, 0.15) is 59.8 Å². The van der Waals surface area contributed by atoms with Crippen LogP contribution in [0, 0.1) is 5.92 Å². The summed E-state index contributed by atoms with van der Waals surface area (Å²) < 4.78 is 0. The molecule has 0 saturated heterocycles. The molecule has 0 N–H and O–H groups in total. The van der Waals surface area contributed by atoms with Gasteiger partial charge in [-0.05, 0) is 33.1 Å². The van der Waals surface area contributed by atoms with E-state index in [4.69, 9.17) is 0 Å². The first-order valence-electron chi connectivity index (χ1n) is 6.47. The third kappa shape index (κ3) is 6.60. The number of allylic oxidation sites excluding steroid dienone is 4. The molecule has 0 saturated carbocycles. The Kier molecular flexibility index (Phi) is 8.88. The Hall–Kier alpha value is -0.850. The van der Waals surface area contributed by atoms with E-state index in [1.54, 1.807) is 6.92 Å². The highest BCUT2D eigenvalue weighted by molar-refractivity contribution is 5.78. The molecule has 1 atom stereocenters. The van der Waals surface area contributed by atoms with Gasteiger partial charge < -0.3 is 0 Å². The highest BCUT2D eigenvalue weighted by atomic mass is 16.1. The molecular formula is C15H26O. The van der Waals surface area contributed by atoms with Gasteiger partial charge in [0.25, 0.3) is 0 Å². The molecule has 92 valence electrons. The minimum atomic E-state index is 0.212. The molecule has 0 aliphatic rings. The van der Waals surface area contributed by atoms with Gasteiger partial charge in [0, 0.05) is 5.92 Å². The zero-order valence-corrected chi connectivity index (χ0v) is 11.3. The lowest BCUT2D eigenvalue weighted by Gasteiger charge is -2.13. The Morgan fingerprint density at radius 2 is 1.94 bits per heavy atom. The second-order valence-electron chi connectivity index (χ2n) is 4.37. The van der Waals surface area contributed by atoms with Gasteiger partial charge in [-0.1, -0.05) is 50.5 Å². The maximum Gasteiger partial charge on any atom is 0.133 e. The van der Waals surface area contributed by atoms with Crippen LogP contribution in [0.25, 0.3) is 0 Å². The summed E-state index contributed by atoms with van der Waals surface area (Å²) in [5, 5.41) is 0. The van der Waals surface area contributed by atoms with Gasteiger partial charge in [0.05, 0.1) is 0 Å². The zero-order chi connectivity index (χ0) is 12.4. The van der Waals surface area contributed by atoms with Crippen LogP contribution >= 0.6 is 0 Å². The average Bonchev–Trinajstić information content (AvgIpc) is 2.25. The highest BCUT2D eigenvalue weighted by Crippen LogP contribution is 2.20. The SMILES string of the molecule is CC=CC(=CCCC)CC(CCC)C(C)=O. The van der Waals surface area contributed by atoms with Crippen LogP contribution in [0.4, 0.5) is 0 Å². The summed E-state index contributed by atoms with van der Waals surface area (Å²) in [5.41, 5.74) is 1.32. The summed E-state index contributed by atoms with van der Waals surface area (Å²) in [6.45, 7) is 8.06. The smallest absolute Gasteiger partial charge is 0.133 e. The summed E-state index contributed by atoms with van der Waals surface area (Å²) in [4.78, 5) is 11.5. The lowest BCUT2D eigenvalue weighted by atomic mass is 9.91. The third-order valence-corrected chi connectivity index (χ3v) is 2.77. The van der Waals surface area contributed by atoms with E-state index in [-0.39, 0.29) is 5.92 Å². The molecule has 0 bridgehead atoms. The molecule has 0 amide bonds. The monoisotopic (exact) mass is 222 g/mol. The molecular weight excluding hydrogens is 196 g/mol. The number of Topliss-reactive ketones (excluding diaryl/α,β-unsaturated/α-hetero) is 1. The molecule has 0 aromatic heterocycles. The van der Waals surface area contributed by atoms with Gasteiger partial charge in [-0.25, -0.2) is 0 Å². The van der Waals surface area contributed by atoms with E-state index in [0.717, 1.165) is 25.7 Å². The molecule has 0 heterocycles. The van der Waals surface area contributed by atoms with Crippen molar-refractivity contribution in [3.8, 4) is 0 Å². The standard InChI is InChI=1S/C15H26O/c1-5-8-11-14(9-6-2)12-15(10-7-3)13(4)16/h6,9,11,15H,5,7-8,10,12H2,1-4H3. The second kappa shape index (κ2) is 9.38. The molecule has 0 radical (unpaired) electrons. The molecule has 1 heteroatoms. The summed E-state index contributed by atoms with van der Waals surface area (Å²) in [6, 6.07) is 0. The Morgan fingerprint density at radius 3 is 2.38 bits per heavy atom. The van der Waals surface area contributed by atoms with E-state index in [0.29, 0.717) is 5.78 Å². The van der Waals surface area contributed by atoms with E-state index in [1.807, 2.05) is 6.92 Å². The molecule has 0 aliphatic carbocycles. The van der Waals surface area contributed by atoms with Gasteiger partial charge in [0.15, 0.2) is 0 Å².